The molecule has 3 rings (SSSR count). The van der Waals surface area contributed by atoms with Gasteiger partial charge in [0.15, 0.2) is 5.78 Å². The van der Waals surface area contributed by atoms with Crippen molar-refractivity contribution in [2.75, 3.05) is 5.75 Å². The van der Waals surface area contributed by atoms with Gasteiger partial charge < -0.3 is 4.57 Å². The van der Waals surface area contributed by atoms with Gasteiger partial charge in [0.1, 0.15) is 16.2 Å². The Kier molecular flexibility index (Phi) is 5.29. The third-order valence-electron chi connectivity index (χ3n) is 4.59. The summed E-state index contributed by atoms with van der Waals surface area (Å²) in [5.41, 5.74) is 4.28. The van der Waals surface area contributed by atoms with E-state index in [2.05, 4.69) is 42.2 Å². The van der Waals surface area contributed by atoms with Crippen molar-refractivity contribution in [3.05, 3.63) is 39.8 Å². The number of carbonyl (C=O) groups excluding carboxylic acids is 1. The minimum atomic E-state index is 0.164. The zero-order chi connectivity index (χ0) is 18.1. The molecule has 132 valence electrons. The van der Waals surface area contributed by atoms with Crippen LogP contribution in [0.2, 0.25) is 0 Å². The van der Waals surface area contributed by atoms with Gasteiger partial charge >= 0.3 is 0 Å². The number of aromatic nitrogens is 3. The lowest BCUT2D eigenvalue weighted by atomic mass is 10.2. The number of thioether (sulfide) groups is 1. The molecule has 4 nitrogen and oxygen atoms in total. The molecule has 0 fully saturated rings. The van der Waals surface area contributed by atoms with Crippen LogP contribution in [0.25, 0.3) is 10.2 Å². The highest BCUT2D eigenvalue weighted by Gasteiger charge is 2.18. The van der Waals surface area contributed by atoms with Crippen molar-refractivity contribution >= 4 is 39.1 Å². The Balaban J connectivity index is 1.83. The Morgan fingerprint density at radius 2 is 2.00 bits per heavy atom. The Morgan fingerprint density at radius 1 is 1.24 bits per heavy atom. The van der Waals surface area contributed by atoms with Gasteiger partial charge in [0.2, 0.25) is 0 Å². The van der Waals surface area contributed by atoms with E-state index in [9.17, 15) is 4.79 Å². The molecular weight excluding hydrogens is 350 g/mol. The fraction of sp³-hybridized carbons (Fsp3) is 0.421. The van der Waals surface area contributed by atoms with Crippen molar-refractivity contribution in [1.82, 2.24) is 14.5 Å². The zero-order valence-corrected chi connectivity index (χ0v) is 17.0. The number of aryl methyl sites for hydroxylation is 3. The normalized spacial score (nSPS) is 11.4. The average Bonchev–Trinajstić information content (AvgIpc) is 3.04. The summed E-state index contributed by atoms with van der Waals surface area (Å²) >= 11 is 3.20. The topological polar surface area (TPSA) is 47.8 Å². The van der Waals surface area contributed by atoms with Crippen LogP contribution in [-0.2, 0) is 6.54 Å². The first kappa shape index (κ1) is 18.1. The molecule has 0 saturated heterocycles. The van der Waals surface area contributed by atoms with E-state index in [0.717, 1.165) is 45.2 Å². The van der Waals surface area contributed by atoms with E-state index < -0.39 is 0 Å². The van der Waals surface area contributed by atoms with E-state index >= 15 is 0 Å². The predicted molar refractivity (Wildman–Crippen MR) is 106 cm³/mol. The maximum Gasteiger partial charge on any atom is 0.174 e. The Hall–Kier alpha value is -1.66. The van der Waals surface area contributed by atoms with E-state index in [1.807, 2.05) is 13.0 Å². The maximum absolute atomic E-state index is 12.8. The lowest BCUT2D eigenvalue weighted by molar-refractivity contribution is 0.102. The minimum absolute atomic E-state index is 0.164. The SMILES string of the molecule is CCCn1c(C)cc(C(=O)CSc2ncnc3sc(C)c(C)c23)c1C. The number of Topliss-reactive ketones (excluding diaryl/α,β-unsaturated/α-hetero) is 1. The second-order valence-electron chi connectivity index (χ2n) is 6.29. The van der Waals surface area contributed by atoms with Gasteiger partial charge in [0.25, 0.3) is 0 Å². The van der Waals surface area contributed by atoms with E-state index in [0.29, 0.717) is 5.75 Å². The molecule has 0 atom stereocenters. The highest BCUT2D eigenvalue weighted by atomic mass is 32.2. The van der Waals surface area contributed by atoms with Gasteiger partial charge in [-0.15, -0.1) is 11.3 Å². The molecule has 0 aliphatic carbocycles. The summed E-state index contributed by atoms with van der Waals surface area (Å²) < 4.78 is 2.23. The molecule has 0 amide bonds. The van der Waals surface area contributed by atoms with E-state index in [1.54, 1.807) is 17.7 Å². The second-order valence-corrected chi connectivity index (χ2v) is 8.46. The molecule has 0 aliphatic heterocycles. The summed E-state index contributed by atoms with van der Waals surface area (Å²) in [5.74, 6) is 0.563. The van der Waals surface area contributed by atoms with E-state index in [-0.39, 0.29) is 5.78 Å². The van der Waals surface area contributed by atoms with Crippen LogP contribution in [-0.4, -0.2) is 26.1 Å². The molecule has 0 saturated carbocycles. The molecule has 6 heteroatoms. The number of carbonyl (C=O) groups is 1. The van der Waals surface area contributed by atoms with Crippen molar-refractivity contribution in [3.8, 4) is 0 Å². The first-order valence-corrected chi connectivity index (χ1v) is 10.3. The molecule has 0 unspecified atom stereocenters. The number of fused-ring (bicyclic) bond motifs is 1. The van der Waals surface area contributed by atoms with Gasteiger partial charge in [-0.1, -0.05) is 18.7 Å². The molecule has 0 spiro atoms. The van der Waals surface area contributed by atoms with Gasteiger partial charge in [0.05, 0.1) is 5.75 Å². The largest absolute Gasteiger partial charge is 0.348 e. The maximum atomic E-state index is 12.8. The monoisotopic (exact) mass is 373 g/mol. The van der Waals surface area contributed by atoms with Crippen molar-refractivity contribution in [3.63, 3.8) is 0 Å². The van der Waals surface area contributed by atoms with Gasteiger partial charge in [0, 0.05) is 33.8 Å². The summed E-state index contributed by atoms with van der Waals surface area (Å²) in [5, 5.41) is 2.00. The quantitative estimate of drug-likeness (QED) is 0.342. The van der Waals surface area contributed by atoms with Gasteiger partial charge in [-0.2, -0.15) is 0 Å². The molecule has 3 aromatic heterocycles. The van der Waals surface area contributed by atoms with Crippen LogP contribution in [0, 0.1) is 27.7 Å². The summed E-state index contributed by atoms with van der Waals surface area (Å²) in [6.07, 6.45) is 2.66. The highest BCUT2D eigenvalue weighted by Crippen LogP contribution is 2.34. The van der Waals surface area contributed by atoms with Crippen LogP contribution >= 0.6 is 23.1 Å². The van der Waals surface area contributed by atoms with Gasteiger partial charge in [-0.05, 0) is 45.7 Å². The van der Waals surface area contributed by atoms with Crippen molar-refractivity contribution in [2.24, 2.45) is 0 Å². The summed E-state index contributed by atoms with van der Waals surface area (Å²) in [7, 11) is 0. The molecule has 3 heterocycles. The van der Waals surface area contributed by atoms with Crippen molar-refractivity contribution in [1.29, 1.82) is 0 Å². The number of nitrogens with zero attached hydrogens (tertiary/aromatic N) is 3. The van der Waals surface area contributed by atoms with Crippen LogP contribution < -0.4 is 0 Å². The molecule has 0 aromatic carbocycles. The fourth-order valence-electron chi connectivity index (χ4n) is 3.12. The first-order chi connectivity index (χ1) is 11.9. The van der Waals surface area contributed by atoms with Gasteiger partial charge in [-0.3, -0.25) is 4.79 Å². The molecule has 0 aliphatic rings. The van der Waals surface area contributed by atoms with Crippen molar-refractivity contribution < 1.29 is 4.79 Å². The number of thiophene rings is 1. The Labute approximate surface area is 156 Å². The highest BCUT2D eigenvalue weighted by molar-refractivity contribution is 8.00. The van der Waals surface area contributed by atoms with Crippen LogP contribution in [0.1, 0.15) is 45.5 Å². The van der Waals surface area contributed by atoms with Crippen LogP contribution in [0.4, 0.5) is 0 Å². The molecule has 0 radical (unpaired) electrons. The lowest BCUT2D eigenvalue weighted by Gasteiger charge is -2.07. The molecule has 3 aromatic rings. The van der Waals surface area contributed by atoms with E-state index in [1.165, 1.54) is 22.2 Å². The Morgan fingerprint density at radius 3 is 2.72 bits per heavy atom. The van der Waals surface area contributed by atoms with Gasteiger partial charge in [-0.25, -0.2) is 9.97 Å². The third-order valence-corrected chi connectivity index (χ3v) is 6.70. The average molecular weight is 374 g/mol. The van der Waals surface area contributed by atoms with Crippen LogP contribution in [0.15, 0.2) is 17.4 Å². The fourth-order valence-corrected chi connectivity index (χ4v) is 5.12. The third kappa shape index (κ3) is 3.37. The molecule has 25 heavy (non-hydrogen) atoms. The number of ketones is 1. The predicted octanol–water partition coefficient (Wildman–Crippen LogP) is 5.11. The number of hydrogen-bond donors (Lipinski definition) is 0. The standard InChI is InChI=1S/C19H23N3OS2/c1-6-7-22-11(2)8-15(13(22)4)16(23)9-24-18-17-12(3)14(5)25-19(17)21-10-20-18/h8,10H,6-7,9H2,1-5H3. The zero-order valence-electron chi connectivity index (χ0n) is 15.3. The molecular formula is C19H23N3OS2. The lowest BCUT2D eigenvalue weighted by Crippen LogP contribution is -2.06. The number of hydrogen-bond acceptors (Lipinski definition) is 5. The summed E-state index contributed by atoms with van der Waals surface area (Å²) in [6.45, 7) is 11.4. The first-order valence-electron chi connectivity index (χ1n) is 8.47. The van der Waals surface area contributed by atoms with Crippen LogP contribution in [0.5, 0.6) is 0 Å². The summed E-state index contributed by atoms with van der Waals surface area (Å²) in [6, 6.07) is 2.02. The number of rotatable bonds is 6. The van der Waals surface area contributed by atoms with Crippen LogP contribution in [0.3, 0.4) is 0 Å². The summed E-state index contributed by atoms with van der Waals surface area (Å²) in [4.78, 5) is 23.8. The minimum Gasteiger partial charge on any atom is -0.348 e. The molecule has 0 N–H and O–H groups in total. The molecule has 0 bridgehead atoms. The smallest absolute Gasteiger partial charge is 0.174 e. The van der Waals surface area contributed by atoms with Crippen molar-refractivity contribution in [2.45, 2.75) is 52.6 Å². The Bertz CT molecular complexity index is 940. The van der Waals surface area contributed by atoms with E-state index in [4.69, 9.17) is 0 Å². The second kappa shape index (κ2) is 7.30.